The summed E-state index contributed by atoms with van der Waals surface area (Å²) in [6.45, 7) is 8.60. The monoisotopic (exact) mass is 248 g/mol. The Hall–Kier alpha value is -1.36. The molecule has 0 aromatic carbocycles. The first kappa shape index (κ1) is 11.7. The third-order valence-corrected chi connectivity index (χ3v) is 4.10. The number of carbonyl (C=O) groups excluding carboxylic acids is 1. The largest absolute Gasteiger partial charge is 0.337 e. The Bertz CT molecular complexity index is 456. The van der Waals surface area contributed by atoms with Gasteiger partial charge in [0.25, 0.3) is 5.91 Å². The molecule has 0 aliphatic carbocycles. The number of nitrogens with zero attached hydrogens (tertiary/aromatic N) is 3. The maximum absolute atomic E-state index is 12.5. The molecule has 2 saturated heterocycles. The molecule has 98 valence electrons. The molecule has 0 saturated carbocycles. The molecule has 0 spiro atoms. The molecule has 1 aromatic heterocycles. The molecule has 1 amide bonds. The van der Waals surface area contributed by atoms with E-state index in [0.717, 1.165) is 44.1 Å². The SMILES string of the molecule is CCn1nc(C)cc1C(=O)N1C[C@H]2CNC[C@H]2C1. The van der Waals surface area contributed by atoms with Gasteiger partial charge in [0.15, 0.2) is 0 Å². The highest BCUT2D eigenvalue weighted by atomic mass is 16.2. The fraction of sp³-hybridized carbons (Fsp3) is 0.692. The van der Waals surface area contributed by atoms with Gasteiger partial charge in [-0.1, -0.05) is 0 Å². The standard InChI is InChI=1S/C13H20N4O/c1-3-17-12(4-9(2)15-17)13(18)16-7-10-5-14-6-11(10)8-16/h4,10-11,14H,3,5-8H2,1-2H3/t10-,11+. The van der Waals surface area contributed by atoms with Crippen LogP contribution < -0.4 is 5.32 Å². The van der Waals surface area contributed by atoms with Crippen molar-refractivity contribution in [1.29, 1.82) is 0 Å². The Morgan fingerprint density at radius 2 is 2.11 bits per heavy atom. The molecule has 1 N–H and O–H groups in total. The van der Waals surface area contributed by atoms with Crippen molar-refractivity contribution in [2.45, 2.75) is 20.4 Å². The summed E-state index contributed by atoms with van der Waals surface area (Å²) in [6, 6.07) is 1.90. The minimum atomic E-state index is 0.145. The average molecular weight is 248 g/mol. The van der Waals surface area contributed by atoms with E-state index in [9.17, 15) is 4.79 Å². The van der Waals surface area contributed by atoms with E-state index in [1.54, 1.807) is 0 Å². The number of carbonyl (C=O) groups is 1. The van der Waals surface area contributed by atoms with Gasteiger partial charge in [-0.2, -0.15) is 5.10 Å². The predicted molar refractivity (Wildman–Crippen MR) is 68.4 cm³/mol. The Balaban J connectivity index is 1.78. The maximum atomic E-state index is 12.5. The average Bonchev–Trinajstić information content (AvgIpc) is 3.00. The van der Waals surface area contributed by atoms with Gasteiger partial charge < -0.3 is 10.2 Å². The summed E-state index contributed by atoms with van der Waals surface area (Å²) in [6.07, 6.45) is 0. The van der Waals surface area contributed by atoms with E-state index in [0.29, 0.717) is 11.8 Å². The molecular weight excluding hydrogens is 228 g/mol. The summed E-state index contributed by atoms with van der Waals surface area (Å²) in [7, 11) is 0. The minimum Gasteiger partial charge on any atom is -0.337 e. The molecule has 18 heavy (non-hydrogen) atoms. The van der Waals surface area contributed by atoms with Gasteiger partial charge >= 0.3 is 0 Å². The zero-order valence-corrected chi connectivity index (χ0v) is 11.0. The molecule has 2 aliphatic heterocycles. The predicted octanol–water partition coefficient (Wildman–Crippen LogP) is 0.503. The number of fused-ring (bicyclic) bond motifs is 1. The highest BCUT2D eigenvalue weighted by Gasteiger charge is 2.38. The van der Waals surface area contributed by atoms with E-state index >= 15 is 0 Å². The molecule has 0 radical (unpaired) electrons. The van der Waals surface area contributed by atoms with Crippen molar-refractivity contribution >= 4 is 5.91 Å². The van der Waals surface area contributed by atoms with E-state index in [1.807, 2.05) is 29.5 Å². The molecule has 5 heteroatoms. The van der Waals surface area contributed by atoms with E-state index in [2.05, 4.69) is 10.4 Å². The van der Waals surface area contributed by atoms with Crippen molar-refractivity contribution in [3.05, 3.63) is 17.5 Å². The lowest BCUT2D eigenvalue weighted by Crippen LogP contribution is -2.33. The molecule has 1 aromatic rings. The molecule has 0 bridgehead atoms. The molecule has 3 rings (SSSR count). The molecule has 0 unspecified atom stereocenters. The third-order valence-electron chi connectivity index (χ3n) is 4.10. The molecule has 5 nitrogen and oxygen atoms in total. The van der Waals surface area contributed by atoms with Crippen LogP contribution >= 0.6 is 0 Å². The number of likely N-dealkylation sites (tertiary alicyclic amines) is 1. The van der Waals surface area contributed by atoms with E-state index in [1.165, 1.54) is 0 Å². The van der Waals surface area contributed by atoms with E-state index < -0.39 is 0 Å². The molecule has 2 fully saturated rings. The van der Waals surface area contributed by atoms with Gasteiger partial charge in [0.2, 0.25) is 0 Å². The van der Waals surface area contributed by atoms with Gasteiger partial charge in [0.1, 0.15) is 5.69 Å². The number of rotatable bonds is 2. The van der Waals surface area contributed by atoms with E-state index in [-0.39, 0.29) is 5.91 Å². The zero-order chi connectivity index (χ0) is 12.7. The highest BCUT2D eigenvalue weighted by molar-refractivity contribution is 5.93. The third kappa shape index (κ3) is 1.82. The highest BCUT2D eigenvalue weighted by Crippen LogP contribution is 2.27. The first-order chi connectivity index (χ1) is 8.69. The summed E-state index contributed by atoms with van der Waals surface area (Å²) in [5, 5.41) is 7.75. The lowest BCUT2D eigenvalue weighted by atomic mass is 10.0. The van der Waals surface area contributed by atoms with Crippen LogP contribution in [-0.4, -0.2) is 46.8 Å². The Morgan fingerprint density at radius 3 is 2.72 bits per heavy atom. The van der Waals surface area contributed by atoms with Gasteiger partial charge in [-0.25, -0.2) is 0 Å². The topological polar surface area (TPSA) is 50.2 Å². The maximum Gasteiger partial charge on any atom is 0.272 e. The fourth-order valence-electron chi connectivity index (χ4n) is 3.14. The van der Waals surface area contributed by atoms with Crippen molar-refractivity contribution in [1.82, 2.24) is 20.0 Å². The lowest BCUT2D eigenvalue weighted by Gasteiger charge is -2.17. The van der Waals surface area contributed by atoms with Crippen LogP contribution in [0.2, 0.25) is 0 Å². The second-order valence-electron chi connectivity index (χ2n) is 5.38. The number of hydrogen-bond acceptors (Lipinski definition) is 3. The van der Waals surface area contributed by atoms with Gasteiger partial charge in [-0.15, -0.1) is 0 Å². The first-order valence-corrected chi connectivity index (χ1v) is 6.73. The fourth-order valence-corrected chi connectivity index (χ4v) is 3.14. The molecule has 3 heterocycles. The molecular formula is C13H20N4O. The van der Waals surface area contributed by atoms with Crippen LogP contribution in [0.4, 0.5) is 0 Å². The van der Waals surface area contributed by atoms with Crippen LogP contribution in [0, 0.1) is 18.8 Å². The quantitative estimate of drug-likeness (QED) is 0.829. The van der Waals surface area contributed by atoms with Gasteiger partial charge in [0, 0.05) is 32.7 Å². The van der Waals surface area contributed by atoms with Crippen molar-refractivity contribution in [3.8, 4) is 0 Å². The summed E-state index contributed by atoms with van der Waals surface area (Å²) >= 11 is 0. The summed E-state index contributed by atoms with van der Waals surface area (Å²) in [5.74, 6) is 1.44. The molecule has 2 aliphatic rings. The number of aryl methyl sites for hydroxylation is 2. The summed E-state index contributed by atoms with van der Waals surface area (Å²) in [5.41, 5.74) is 1.66. The van der Waals surface area contributed by atoms with Crippen LogP contribution in [0.5, 0.6) is 0 Å². The second kappa shape index (κ2) is 4.39. The molecule has 2 atom stereocenters. The van der Waals surface area contributed by atoms with Crippen molar-refractivity contribution in [3.63, 3.8) is 0 Å². The van der Waals surface area contributed by atoms with Crippen LogP contribution in [0.3, 0.4) is 0 Å². The van der Waals surface area contributed by atoms with Crippen LogP contribution in [0.25, 0.3) is 0 Å². The Kier molecular flexibility index (Phi) is 2.86. The van der Waals surface area contributed by atoms with Crippen LogP contribution in [0.1, 0.15) is 23.1 Å². The second-order valence-corrected chi connectivity index (χ2v) is 5.38. The first-order valence-electron chi connectivity index (χ1n) is 6.73. The normalized spacial score (nSPS) is 26.7. The van der Waals surface area contributed by atoms with E-state index in [4.69, 9.17) is 0 Å². The number of aromatic nitrogens is 2. The summed E-state index contributed by atoms with van der Waals surface area (Å²) < 4.78 is 1.81. The summed E-state index contributed by atoms with van der Waals surface area (Å²) in [4.78, 5) is 14.5. The van der Waals surface area contributed by atoms with Crippen LogP contribution in [-0.2, 0) is 6.54 Å². The van der Waals surface area contributed by atoms with Gasteiger partial charge in [-0.3, -0.25) is 9.48 Å². The zero-order valence-electron chi connectivity index (χ0n) is 11.0. The van der Waals surface area contributed by atoms with Crippen molar-refractivity contribution in [2.24, 2.45) is 11.8 Å². The number of nitrogens with one attached hydrogen (secondary N) is 1. The van der Waals surface area contributed by atoms with Gasteiger partial charge in [0.05, 0.1) is 5.69 Å². The number of hydrogen-bond donors (Lipinski definition) is 1. The minimum absolute atomic E-state index is 0.145. The Labute approximate surface area is 107 Å². The van der Waals surface area contributed by atoms with Crippen LogP contribution in [0.15, 0.2) is 6.07 Å². The van der Waals surface area contributed by atoms with Gasteiger partial charge in [-0.05, 0) is 31.7 Å². The van der Waals surface area contributed by atoms with Crippen molar-refractivity contribution in [2.75, 3.05) is 26.2 Å². The smallest absolute Gasteiger partial charge is 0.272 e. The van der Waals surface area contributed by atoms with Crippen molar-refractivity contribution < 1.29 is 4.79 Å². The number of amides is 1. The Morgan fingerprint density at radius 1 is 1.44 bits per heavy atom. The lowest BCUT2D eigenvalue weighted by molar-refractivity contribution is 0.0769.